The summed E-state index contributed by atoms with van der Waals surface area (Å²) in [4.78, 5) is 15.5. The van der Waals surface area contributed by atoms with Crippen molar-refractivity contribution in [2.75, 3.05) is 13.1 Å². The zero-order valence-electron chi connectivity index (χ0n) is 10.6. The largest absolute Gasteiger partial charge is 0.338 e. The highest BCUT2D eigenvalue weighted by Gasteiger charge is 2.22. The van der Waals surface area contributed by atoms with Gasteiger partial charge in [-0.2, -0.15) is 0 Å². The van der Waals surface area contributed by atoms with E-state index in [2.05, 4.69) is 19.1 Å². The number of carbonyl (C=O) groups is 1. The van der Waals surface area contributed by atoms with E-state index in [0.717, 1.165) is 36.4 Å². The number of hydrogen-bond acceptors (Lipinski definition) is 2. The van der Waals surface area contributed by atoms with Crippen LogP contribution >= 0.6 is 11.3 Å². The molecule has 0 N–H and O–H groups in total. The highest BCUT2D eigenvalue weighted by molar-refractivity contribution is 7.21. The van der Waals surface area contributed by atoms with Crippen molar-refractivity contribution in [3.05, 3.63) is 34.7 Å². The number of amides is 1. The highest BCUT2D eigenvalue weighted by Crippen LogP contribution is 2.31. The smallest absolute Gasteiger partial charge is 0.264 e. The minimum Gasteiger partial charge on any atom is -0.338 e. The summed E-state index contributed by atoms with van der Waals surface area (Å²) >= 11 is 1.63. The Morgan fingerprint density at radius 3 is 2.61 bits per heavy atom. The molecule has 0 saturated carbocycles. The molecule has 1 fully saturated rings. The van der Waals surface area contributed by atoms with Gasteiger partial charge in [-0.1, -0.05) is 18.2 Å². The van der Waals surface area contributed by atoms with Crippen LogP contribution in [0, 0.1) is 6.92 Å². The summed E-state index contributed by atoms with van der Waals surface area (Å²) in [6, 6.07) is 8.28. The second-order valence-corrected chi connectivity index (χ2v) is 5.96. The van der Waals surface area contributed by atoms with E-state index >= 15 is 0 Å². The predicted octanol–water partition coefficient (Wildman–Crippen LogP) is 3.84. The van der Waals surface area contributed by atoms with Crippen molar-refractivity contribution in [3.63, 3.8) is 0 Å². The van der Waals surface area contributed by atoms with Gasteiger partial charge in [0.05, 0.1) is 4.88 Å². The predicted molar refractivity (Wildman–Crippen MR) is 76.3 cm³/mol. The highest BCUT2D eigenvalue weighted by atomic mass is 32.1. The average Bonchev–Trinajstić information content (AvgIpc) is 2.77. The molecule has 0 unspecified atom stereocenters. The maximum Gasteiger partial charge on any atom is 0.264 e. The Morgan fingerprint density at radius 1 is 1.17 bits per heavy atom. The van der Waals surface area contributed by atoms with Crippen LogP contribution in [0.4, 0.5) is 0 Å². The van der Waals surface area contributed by atoms with Gasteiger partial charge >= 0.3 is 0 Å². The van der Waals surface area contributed by atoms with E-state index in [1.165, 1.54) is 16.5 Å². The van der Waals surface area contributed by atoms with Crippen molar-refractivity contribution >= 4 is 27.3 Å². The van der Waals surface area contributed by atoms with Gasteiger partial charge in [-0.05, 0) is 43.2 Å². The second-order valence-electron chi connectivity index (χ2n) is 4.91. The zero-order chi connectivity index (χ0) is 12.5. The van der Waals surface area contributed by atoms with E-state index < -0.39 is 0 Å². The summed E-state index contributed by atoms with van der Waals surface area (Å²) < 4.78 is 1.22. The minimum atomic E-state index is 0.230. The Bertz CT molecular complexity index is 581. The molecular formula is C15H17NOS. The van der Waals surface area contributed by atoms with E-state index in [0.29, 0.717) is 0 Å². The maximum atomic E-state index is 12.5. The zero-order valence-corrected chi connectivity index (χ0v) is 11.4. The summed E-state index contributed by atoms with van der Waals surface area (Å²) in [6.07, 6.45) is 3.56. The van der Waals surface area contributed by atoms with Gasteiger partial charge in [0.25, 0.3) is 5.91 Å². The van der Waals surface area contributed by atoms with Crippen LogP contribution in [0.25, 0.3) is 10.1 Å². The lowest BCUT2D eigenvalue weighted by Crippen LogP contribution is -2.35. The molecule has 0 spiro atoms. The molecule has 3 rings (SSSR count). The van der Waals surface area contributed by atoms with Crippen molar-refractivity contribution in [1.82, 2.24) is 4.90 Å². The fourth-order valence-electron chi connectivity index (χ4n) is 2.62. The van der Waals surface area contributed by atoms with E-state index in [-0.39, 0.29) is 5.91 Å². The van der Waals surface area contributed by atoms with E-state index in [4.69, 9.17) is 0 Å². The lowest BCUT2D eigenvalue weighted by molar-refractivity contribution is 0.0728. The van der Waals surface area contributed by atoms with Crippen LogP contribution in [0.3, 0.4) is 0 Å². The first-order valence-electron chi connectivity index (χ1n) is 6.55. The van der Waals surface area contributed by atoms with Crippen molar-refractivity contribution in [1.29, 1.82) is 0 Å². The molecule has 0 radical (unpaired) electrons. The third-order valence-corrected chi connectivity index (χ3v) is 4.94. The number of likely N-dealkylation sites (tertiary alicyclic amines) is 1. The number of rotatable bonds is 1. The average molecular weight is 259 g/mol. The van der Waals surface area contributed by atoms with Crippen LogP contribution in [-0.4, -0.2) is 23.9 Å². The molecule has 3 heteroatoms. The third kappa shape index (κ3) is 1.93. The van der Waals surface area contributed by atoms with Gasteiger partial charge in [0, 0.05) is 17.8 Å². The minimum absolute atomic E-state index is 0.230. The van der Waals surface area contributed by atoms with Crippen LogP contribution in [0.2, 0.25) is 0 Å². The van der Waals surface area contributed by atoms with E-state index in [9.17, 15) is 4.79 Å². The molecule has 1 aromatic carbocycles. The molecule has 18 heavy (non-hydrogen) atoms. The number of thiophene rings is 1. The number of carbonyl (C=O) groups excluding carboxylic acids is 1. The molecule has 1 amide bonds. The second kappa shape index (κ2) is 4.73. The Hall–Kier alpha value is -1.35. The summed E-state index contributed by atoms with van der Waals surface area (Å²) in [5, 5.41) is 1.22. The molecule has 1 saturated heterocycles. The van der Waals surface area contributed by atoms with E-state index in [1.807, 2.05) is 17.0 Å². The summed E-state index contributed by atoms with van der Waals surface area (Å²) in [5.41, 5.74) is 1.14. The number of piperidine rings is 1. The summed E-state index contributed by atoms with van der Waals surface area (Å²) in [7, 11) is 0. The van der Waals surface area contributed by atoms with Crippen LogP contribution in [0.5, 0.6) is 0 Å². The van der Waals surface area contributed by atoms with Crippen LogP contribution < -0.4 is 0 Å². The number of nitrogens with zero attached hydrogens (tertiary/aromatic N) is 1. The molecule has 94 valence electrons. The maximum absolute atomic E-state index is 12.5. The van der Waals surface area contributed by atoms with E-state index in [1.54, 1.807) is 11.3 Å². The van der Waals surface area contributed by atoms with Crippen molar-refractivity contribution in [2.45, 2.75) is 26.2 Å². The van der Waals surface area contributed by atoms with Gasteiger partial charge in [-0.25, -0.2) is 0 Å². The van der Waals surface area contributed by atoms with Gasteiger partial charge in [-0.3, -0.25) is 4.79 Å². The molecule has 2 heterocycles. The monoisotopic (exact) mass is 259 g/mol. The van der Waals surface area contributed by atoms with Crippen LogP contribution in [-0.2, 0) is 0 Å². The SMILES string of the molecule is Cc1c(C(=O)N2CCCCC2)sc2ccccc12. The first kappa shape index (κ1) is 11.7. The molecule has 2 nitrogen and oxygen atoms in total. The van der Waals surface area contributed by atoms with Crippen LogP contribution in [0.15, 0.2) is 24.3 Å². The molecule has 0 bridgehead atoms. The Balaban J connectivity index is 1.98. The topological polar surface area (TPSA) is 20.3 Å². The number of hydrogen-bond donors (Lipinski definition) is 0. The lowest BCUT2D eigenvalue weighted by atomic mass is 10.1. The summed E-state index contributed by atoms with van der Waals surface area (Å²) in [5.74, 6) is 0.230. The van der Waals surface area contributed by atoms with Crippen molar-refractivity contribution < 1.29 is 4.79 Å². The first-order valence-corrected chi connectivity index (χ1v) is 7.36. The number of benzene rings is 1. The standard InChI is InChI=1S/C15H17NOS/c1-11-12-7-3-4-8-13(12)18-14(11)15(17)16-9-5-2-6-10-16/h3-4,7-8H,2,5-6,9-10H2,1H3. The fourth-order valence-corrected chi connectivity index (χ4v) is 3.80. The van der Waals surface area contributed by atoms with Gasteiger partial charge in [0.15, 0.2) is 0 Å². The summed E-state index contributed by atoms with van der Waals surface area (Å²) in [6.45, 7) is 3.91. The molecule has 0 aliphatic carbocycles. The molecule has 1 aliphatic rings. The normalized spacial score (nSPS) is 16.2. The Morgan fingerprint density at radius 2 is 1.89 bits per heavy atom. The Kier molecular flexibility index (Phi) is 3.08. The Labute approximate surface area is 111 Å². The third-order valence-electron chi connectivity index (χ3n) is 3.68. The van der Waals surface area contributed by atoms with Gasteiger partial charge < -0.3 is 4.90 Å². The van der Waals surface area contributed by atoms with Gasteiger partial charge in [0.2, 0.25) is 0 Å². The molecular weight excluding hydrogens is 242 g/mol. The molecule has 1 aliphatic heterocycles. The van der Waals surface area contributed by atoms with Crippen molar-refractivity contribution in [2.24, 2.45) is 0 Å². The van der Waals surface area contributed by atoms with Crippen LogP contribution in [0.1, 0.15) is 34.5 Å². The quantitative estimate of drug-likeness (QED) is 0.762. The first-order chi connectivity index (χ1) is 8.77. The molecule has 0 atom stereocenters. The molecule has 1 aromatic heterocycles. The van der Waals surface area contributed by atoms with Gasteiger partial charge in [0.1, 0.15) is 0 Å². The number of aryl methyl sites for hydroxylation is 1. The van der Waals surface area contributed by atoms with Crippen molar-refractivity contribution in [3.8, 4) is 0 Å². The fraction of sp³-hybridized carbons (Fsp3) is 0.400. The lowest BCUT2D eigenvalue weighted by Gasteiger charge is -2.26. The van der Waals surface area contributed by atoms with Gasteiger partial charge in [-0.15, -0.1) is 11.3 Å². The number of fused-ring (bicyclic) bond motifs is 1. The molecule has 2 aromatic rings.